The Morgan fingerprint density at radius 2 is 1.90 bits per heavy atom. The van der Waals surface area contributed by atoms with Crippen molar-refractivity contribution in [2.75, 3.05) is 0 Å². The maximum absolute atomic E-state index is 12.1. The highest BCUT2D eigenvalue weighted by atomic mass is 16.3. The summed E-state index contributed by atoms with van der Waals surface area (Å²) < 4.78 is 8.05. The summed E-state index contributed by atoms with van der Waals surface area (Å²) in [7, 11) is 0. The van der Waals surface area contributed by atoms with Crippen LogP contribution in [0.2, 0.25) is 0 Å². The molecule has 3 aromatic heterocycles. The Morgan fingerprint density at radius 1 is 1.17 bits per heavy atom. The van der Waals surface area contributed by atoms with Crippen LogP contribution in [0.25, 0.3) is 27.9 Å². The second kappa shape index (κ2) is 7.14. The lowest BCUT2D eigenvalue weighted by molar-refractivity contribution is 0.101. The molecule has 0 amide bonds. The maximum Gasteiger partial charge on any atom is 0.163 e. The van der Waals surface area contributed by atoms with Crippen LogP contribution in [0.3, 0.4) is 0 Å². The number of rotatable bonds is 5. The van der Waals surface area contributed by atoms with E-state index in [9.17, 15) is 4.79 Å². The minimum Gasteiger partial charge on any atom is -0.460 e. The van der Waals surface area contributed by atoms with Crippen LogP contribution in [0.4, 0.5) is 0 Å². The van der Waals surface area contributed by atoms with Crippen molar-refractivity contribution in [2.24, 2.45) is 0 Å². The Balaban J connectivity index is 2.08. The summed E-state index contributed by atoms with van der Waals surface area (Å²) in [5.41, 5.74) is 7.16. The number of fused-ring (bicyclic) bond motifs is 2. The standard InChI is InChI=1S/C24H27N3O2/c1-7-17(8-2)20-12-13(3)26-27-22(14(4)25-24(20)27)21-16(6)29-23-18(15(5)28)10-9-11-19(21)23/h9-12,17H,7-8H2,1-6H3. The molecule has 0 saturated heterocycles. The number of carbonyl (C=O) groups is 1. The number of aryl methyl sites for hydroxylation is 3. The molecular formula is C24H27N3O2. The van der Waals surface area contributed by atoms with E-state index in [0.717, 1.165) is 52.3 Å². The van der Waals surface area contributed by atoms with Crippen LogP contribution in [0.15, 0.2) is 28.7 Å². The summed E-state index contributed by atoms with van der Waals surface area (Å²) in [6, 6.07) is 7.89. The van der Waals surface area contributed by atoms with E-state index in [1.54, 1.807) is 6.92 Å². The molecule has 0 aliphatic rings. The predicted octanol–water partition coefficient (Wildman–Crippen LogP) is 6.17. The van der Waals surface area contributed by atoms with Crippen molar-refractivity contribution < 1.29 is 9.21 Å². The van der Waals surface area contributed by atoms with Crippen LogP contribution >= 0.6 is 0 Å². The number of furan rings is 1. The molecule has 150 valence electrons. The summed E-state index contributed by atoms with van der Waals surface area (Å²) in [6.45, 7) is 12.0. The van der Waals surface area contributed by atoms with Gasteiger partial charge in [-0.2, -0.15) is 5.10 Å². The first-order valence-corrected chi connectivity index (χ1v) is 10.3. The summed E-state index contributed by atoms with van der Waals surface area (Å²) in [5, 5.41) is 5.74. The van der Waals surface area contributed by atoms with E-state index < -0.39 is 0 Å². The van der Waals surface area contributed by atoms with Gasteiger partial charge in [0.1, 0.15) is 11.3 Å². The summed E-state index contributed by atoms with van der Waals surface area (Å²) >= 11 is 0. The summed E-state index contributed by atoms with van der Waals surface area (Å²) in [4.78, 5) is 17.0. The Labute approximate surface area is 170 Å². The van der Waals surface area contributed by atoms with E-state index in [-0.39, 0.29) is 5.78 Å². The highest BCUT2D eigenvalue weighted by Gasteiger charge is 2.24. The van der Waals surface area contributed by atoms with Gasteiger partial charge in [0.05, 0.1) is 28.2 Å². The fourth-order valence-electron chi connectivity index (χ4n) is 4.40. The average Bonchev–Trinajstić information content (AvgIpc) is 3.17. The Morgan fingerprint density at radius 3 is 2.55 bits per heavy atom. The van der Waals surface area contributed by atoms with E-state index in [1.165, 1.54) is 5.56 Å². The number of aromatic nitrogens is 3. The highest BCUT2D eigenvalue weighted by molar-refractivity contribution is 6.08. The third-order valence-corrected chi connectivity index (χ3v) is 5.84. The van der Waals surface area contributed by atoms with Gasteiger partial charge in [-0.3, -0.25) is 4.79 Å². The van der Waals surface area contributed by atoms with E-state index in [1.807, 2.05) is 43.5 Å². The fourth-order valence-corrected chi connectivity index (χ4v) is 4.40. The molecule has 3 heterocycles. The first kappa shape index (κ1) is 19.4. The van der Waals surface area contributed by atoms with Crippen LogP contribution in [0.5, 0.6) is 0 Å². The van der Waals surface area contributed by atoms with Gasteiger partial charge in [0.15, 0.2) is 11.4 Å². The number of carbonyl (C=O) groups excluding carboxylic acids is 1. The van der Waals surface area contributed by atoms with Gasteiger partial charge in [-0.15, -0.1) is 0 Å². The number of hydrogen-bond donors (Lipinski definition) is 0. The number of nitrogens with zero attached hydrogens (tertiary/aromatic N) is 3. The molecule has 0 aliphatic heterocycles. The Kier molecular flexibility index (Phi) is 4.77. The molecule has 29 heavy (non-hydrogen) atoms. The lowest BCUT2D eigenvalue weighted by Crippen LogP contribution is -2.05. The second-order valence-electron chi connectivity index (χ2n) is 7.81. The number of para-hydroxylation sites is 1. The average molecular weight is 389 g/mol. The quantitative estimate of drug-likeness (QED) is 0.383. The van der Waals surface area contributed by atoms with Crippen LogP contribution < -0.4 is 0 Å². The molecule has 0 atom stereocenters. The molecule has 0 aliphatic carbocycles. The molecule has 0 unspecified atom stereocenters. The molecular weight excluding hydrogens is 362 g/mol. The zero-order valence-corrected chi connectivity index (χ0v) is 18.0. The molecule has 5 heteroatoms. The SMILES string of the molecule is CCC(CC)c1cc(C)nn2c(-c3c(C)oc4c(C(C)=O)cccc34)c(C)nc12. The lowest BCUT2D eigenvalue weighted by atomic mass is 9.95. The lowest BCUT2D eigenvalue weighted by Gasteiger charge is -2.14. The minimum atomic E-state index is -0.00393. The zero-order valence-electron chi connectivity index (χ0n) is 18.0. The van der Waals surface area contributed by atoms with E-state index in [0.29, 0.717) is 17.1 Å². The third kappa shape index (κ3) is 2.96. The molecule has 1 aromatic carbocycles. The smallest absolute Gasteiger partial charge is 0.163 e. The van der Waals surface area contributed by atoms with Gasteiger partial charge < -0.3 is 4.42 Å². The fraction of sp³-hybridized carbons (Fsp3) is 0.375. The number of benzene rings is 1. The van der Waals surface area contributed by atoms with Crippen LogP contribution in [0.1, 0.15) is 72.6 Å². The van der Waals surface area contributed by atoms with Gasteiger partial charge in [-0.05, 0) is 58.6 Å². The number of ketones is 1. The van der Waals surface area contributed by atoms with Crippen molar-refractivity contribution in [1.29, 1.82) is 0 Å². The van der Waals surface area contributed by atoms with Gasteiger partial charge in [-0.25, -0.2) is 9.50 Å². The molecule has 4 rings (SSSR count). The first-order chi connectivity index (χ1) is 13.9. The zero-order chi connectivity index (χ0) is 20.9. The van der Waals surface area contributed by atoms with Crippen LogP contribution in [-0.4, -0.2) is 20.4 Å². The molecule has 0 radical (unpaired) electrons. The molecule has 0 saturated carbocycles. The number of Topliss-reactive ketones (excluding diaryl/α,β-unsaturated/α-hetero) is 1. The molecule has 0 spiro atoms. The first-order valence-electron chi connectivity index (χ1n) is 10.3. The molecule has 4 aromatic rings. The van der Waals surface area contributed by atoms with E-state index in [2.05, 4.69) is 19.9 Å². The van der Waals surface area contributed by atoms with Gasteiger partial charge in [0, 0.05) is 10.9 Å². The molecule has 5 nitrogen and oxygen atoms in total. The minimum absolute atomic E-state index is 0.00393. The van der Waals surface area contributed by atoms with Crippen molar-refractivity contribution in [3.05, 3.63) is 52.5 Å². The third-order valence-electron chi connectivity index (χ3n) is 5.84. The van der Waals surface area contributed by atoms with E-state index in [4.69, 9.17) is 14.5 Å². The normalized spacial score (nSPS) is 11.8. The molecule has 0 fully saturated rings. The highest BCUT2D eigenvalue weighted by Crippen LogP contribution is 2.39. The van der Waals surface area contributed by atoms with Gasteiger partial charge >= 0.3 is 0 Å². The van der Waals surface area contributed by atoms with Crippen LogP contribution in [-0.2, 0) is 0 Å². The largest absolute Gasteiger partial charge is 0.460 e. The Hall–Kier alpha value is -2.95. The summed E-state index contributed by atoms with van der Waals surface area (Å²) in [6.07, 6.45) is 2.12. The number of imidazole rings is 1. The molecule has 0 N–H and O–H groups in total. The van der Waals surface area contributed by atoms with Gasteiger partial charge in [0.2, 0.25) is 0 Å². The van der Waals surface area contributed by atoms with Crippen molar-refractivity contribution >= 4 is 22.4 Å². The summed E-state index contributed by atoms with van der Waals surface area (Å²) in [5.74, 6) is 1.21. The van der Waals surface area contributed by atoms with Crippen LogP contribution in [0, 0.1) is 20.8 Å². The predicted molar refractivity (Wildman–Crippen MR) is 116 cm³/mol. The molecule has 0 bridgehead atoms. The number of hydrogen-bond acceptors (Lipinski definition) is 4. The monoisotopic (exact) mass is 389 g/mol. The topological polar surface area (TPSA) is 60.4 Å². The van der Waals surface area contributed by atoms with Crippen molar-refractivity contribution in [2.45, 2.75) is 60.3 Å². The van der Waals surface area contributed by atoms with E-state index >= 15 is 0 Å². The van der Waals surface area contributed by atoms with Crippen molar-refractivity contribution in [3.8, 4) is 11.3 Å². The second-order valence-corrected chi connectivity index (χ2v) is 7.81. The van der Waals surface area contributed by atoms with Gasteiger partial charge in [-0.1, -0.05) is 26.0 Å². The maximum atomic E-state index is 12.1. The van der Waals surface area contributed by atoms with Gasteiger partial charge in [0.25, 0.3) is 0 Å². The van der Waals surface area contributed by atoms with Crippen molar-refractivity contribution in [1.82, 2.24) is 14.6 Å². The Bertz CT molecular complexity index is 1240. The van der Waals surface area contributed by atoms with Crippen molar-refractivity contribution in [3.63, 3.8) is 0 Å².